The molecule has 0 spiro atoms. The van der Waals surface area contributed by atoms with Crippen LogP contribution < -0.4 is 9.64 Å². The molecule has 0 N–H and O–H groups in total. The third-order valence-corrected chi connectivity index (χ3v) is 3.93. The van der Waals surface area contributed by atoms with E-state index in [2.05, 4.69) is 0 Å². The summed E-state index contributed by atoms with van der Waals surface area (Å²) in [5, 5.41) is 0. The van der Waals surface area contributed by atoms with Gasteiger partial charge < -0.3 is 14.4 Å². The molecule has 23 heavy (non-hydrogen) atoms. The van der Waals surface area contributed by atoms with Crippen LogP contribution in [0.4, 0.5) is 5.69 Å². The number of aryl methyl sites for hydroxylation is 1. The molecule has 0 radical (unpaired) electrons. The molecule has 1 heterocycles. The van der Waals surface area contributed by atoms with Gasteiger partial charge in [0.15, 0.2) is 6.61 Å². The number of benzene rings is 2. The lowest BCUT2D eigenvalue weighted by atomic mass is 10.2. The molecule has 1 saturated heterocycles. The fraction of sp³-hybridized carbons (Fsp3) is 0.316. The predicted molar refractivity (Wildman–Crippen MR) is 89.8 cm³/mol. The summed E-state index contributed by atoms with van der Waals surface area (Å²) < 4.78 is 11.1. The quantitative estimate of drug-likeness (QED) is 0.851. The zero-order valence-corrected chi connectivity index (χ0v) is 13.3. The molecule has 3 rings (SSSR count). The van der Waals surface area contributed by atoms with Gasteiger partial charge in [-0.3, -0.25) is 4.79 Å². The van der Waals surface area contributed by atoms with Crippen molar-refractivity contribution in [1.82, 2.24) is 0 Å². The van der Waals surface area contributed by atoms with Crippen molar-refractivity contribution in [3.05, 3.63) is 60.2 Å². The Kier molecular flexibility index (Phi) is 4.93. The molecule has 1 aliphatic heterocycles. The van der Waals surface area contributed by atoms with Gasteiger partial charge in [0.2, 0.25) is 0 Å². The topological polar surface area (TPSA) is 38.8 Å². The van der Waals surface area contributed by atoms with Crippen LogP contribution in [0.15, 0.2) is 54.6 Å². The Labute approximate surface area is 136 Å². The van der Waals surface area contributed by atoms with Gasteiger partial charge in [0.05, 0.1) is 12.6 Å². The van der Waals surface area contributed by atoms with Crippen molar-refractivity contribution in [2.75, 3.05) is 24.7 Å². The lowest BCUT2D eigenvalue weighted by Gasteiger charge is -2.28. The monoisotopic (exact) mass is 311 g/mol. The number of hydrogen-bond acceptors (Lipinski definition) is 3. The summed E-state index contributed by atoms with van der Waals surface area (Å²) in [6.45, 7) is 3.29. The van der Waals surface area contributed by atoms with Crippen molar-refractivity contribution in [3.8, 4) is 5.75 Å². The molecule has 120 valence electrons. The molecule has 0 aliphatic carbocycles. The minimum absolute atomic E-state index is 0.0227. The molecule has 1 unspecified atom stereocenters. The van der Waals surface area contributed by atoms with Gasteiger partial charge in [0, 0.05) is 12.3 Å². The first-order chi connectivity index (χ1) is 11.2. The third-order valence-electron chi connectivity index (χ3n) is 3.93. The molecule has 0 bridgehead atoms. The zero-order chi connectivity index (χ0) is 16.1. The van der Waals surface area contributed by atoms with Gasteiger partial charge in [0.1, 0.15) is 5.75 Å². The van der Waals surface area contributed by atoms with Crippen molar-refractivity contribution < 1.29 is 14.3 Å². The fourth-order valence-corrected chi connectivity index (χ4v) is 2.79. The van der Waals surface area contributed by atoms with E-state index < -0.39 is 0 Å². The average Bonchev–Trinajstić information content (AvgIpc) is 3.08. The summed E-state index contributed by atoms with van der Waals surface area (Å²) in [6, 6.07) is 17.5. The van der Waals surface area contributed by atoms with Gasteiger partial charge in [-0.25, -0.2) is 0 Å². The minimum atomic E-state index is -0.0480. The van der Waals surface area contributed by atoms with E-state index in [1.54, 1.807) is 0 Å². The van der Waals surface area contributed by atoms with Crippen LogP contribution >= 0.6 is 0 Å². The molecule has 4 heteroatoms. The summed E-state index contributed by atoms with van der Waals surface area (Å²) in [7, 11) is 0. The Balaban J connectivity index is 1.72. The highest BCUT2D eigenvalue weighted by atomic mass is 16.5. The average molecular weight is 311 g/mol. The van der Waals surface area contributed by atoms with Crippen LogP contribution in [0.5, 0.6) is 5.75 Å². The summed E-state index contributed by atoms with van der Waals surface area (Å²) in [4.78, 5) is 14.5. The predicted octanol–water partition coefficient (Wildman–Crippen LogP) is 3.20. The molecule has 2 aromatic rings. The second-order valence-corrected chi connectivity index (χ2v) is 5.72. The lowest BCUT2D eigenvalue weighted by Crippen LogP contribution is -2.43. The number of carbonyl (C=O) groups is 1. The van der Waals surface area contributed by atoms with Crippen molar-refractivity contribution in [2.24, 2.45) is 0 Å². The SMILES string of the molecule is Cc1cccc(OCC(=O)N(c2ccccc2)C2CCOC2)c1. The molecule has 1 aliphatic rings. The summed E-state index contributed by atoms with van der Waals surface area (Å²) in [6.07, 6.45) is 0.852. The molecule has 1 atom stereocenters. The molecular formula is C19H21NO3. The Bertz CT molecular complexity index is 651. The number of ether oxygens (including phenoxy) is 2. The number of para-hydroxylation sites is 1. The van der Waals surface area contributed by atoms with Crippen LogP contribution in [0.3, 0.4) is 0 Å². The maximum absolute atomic E-state index is 12.7. The van der Waals surface area contributed by atoms with Gasteiger partial charge in [-0.15, -0.1) is 0 Å². The van der Waals surface area contributed by atoms with Crippen LogP contribution in [0.2, 0.25) is 0 Å². The summed E-state index contributed by atoms with van der Waals surface area (Å²) in [5.41, 5.74) is 2.00. The van der Waals surface area contributed by atoms with E-state index in [-0.39, 0.29) is 18.6 Å². The Morgan fingerprint density at radius 2 is 2.04 bits per heavy atom. The molecule has 0 saturated carbocycles. The van der Waals surface area contributed by atoms with E-state index in [4.69, 9.17) is 9.47 Å². The fourth-order valence-electron chi connectivity index (χ4n) is 2.79. The standard InChI is InChI=1S/C19H21NO3/c1-15-6-5-9-18(12-15)23-14-19(21)20(17-10-11-22-13-17)16-7-3-2-4-8-16/h2-9,12,17H,10-11,13-14H2,1H3. The Morgan fingerprint density at radius 1 is 1.22 bits per heavy atom. The number of anilines is 1. The second kappa shape index (κ2) is 7.29. The minimum Gasteiger partial charge on any atom is -0.484 e. The third kappa shape index (κ3) is 3.90. The first-order valence-electron chi connectivity index (χ1n) is 7.88. The van der Waals surface area contributed by atoms with Gasteiger partial charge in [0.25, 0.3) is 5.91 Å². The highest BCUT2D eigenvalue weighted by Crippen LogP contribution is 2.22. The van der Waals surface area contributed by atoms with Crippen molar-refractivity contribution in [3.63, 3.8) is 0 Å². The number of rotatable bonds is 5. The Hall–Kier alpha value is -2.33. The first-order valence-corrected chi connectivity index (χ1v) is 7.88. The van der Waals surface area contributed by atoms with Gasteiger partial charge >= 0.3 is 0 Å². The van der Waals surface area contributed by atoms with E-state index in [1.165, 1.54) is 0 Å². The van der Waals surface area contributed by atoms with E-state index in [9.17, 15) is 4.79 Å². The van der Waals surface area contributed by atoms with Crippen LogP contribution in [-0.4, -0.2) is 31.8 Å². The molecule has 4 nitrogen and oxygen atoms in total. The van der Waals surface area contributed by atoms with Crippen LogP contribution in [0.1, 0.15) is 12.0 Å². The largest absolute Gasteiger partial charge is 0.484 e. The molecule has 2 aromatic carbocycles. The normalized spacial score (nSPS) is 17.0. The maximum Gasteiger partial charge on any atom is 0.265 e. The van der Waals surface area contributed by atoms with Gasteiger partial charge in [-0.05, 0) is 43.2 Å². The number of carbonyl (C=O) groups excluding carboxylic acids is 1. The molecule has 0 aromatic heterocycles. The maximum atomic E-state index is 12.7. The summed E-state index contributed by atoms with van der Waals surface area (Å²) >= 11 is 0. The van der Waals surface area contributed by atoms with E-state index in [0.717, 1.165) is 17.7 Å². The molecular weight excluding hydrogens is 290 g/mol. The van der Waals surface area contributed by atoms with Crippen LogP contribution in [0.25, 0.3) is 0 Å². The highest BCUT2D eigenvalue weighted by Gasteiger charge is 2.28. The molecule has 1 fully saturated rings. The summed E-state index contributed by atoms with van der Waals surface area (Å²) in [5.74, 6) is 0.669. The van der Waals surface area contributed by atoms with E-state index in [1.807, 2.05) is 66.4 Å². The zero-order valence-electron chi connectivity index (χ0n) is 13.3. The van der Waals surface area contributed by atoms with Gasteiger partial charge in [-0.1, -0.05) is 30.3 Å². The van der Waals surface area contributed by atoms with Crippen LogP contribution in [-0.2, 0) is 9.53 Å². The smallest absolute Gasteiger partial charge is 0.265 e. The van der Waals surface area contributed by atoms with Crippen molar-refractivity contribution in [2.45, 2.75) is 19.4 Å². The lowest BCUT2D eigenvalue weighted by molar-refractivity contribution is -0.121. The van der Waals surface area contributed by atoms with Crippen molar-refractivity contribution in [1.29, 1.82) is 0 Å². The highest BCUT2D eigenvalue weighted by molar-refractivity contribution is 5.95. The van der Waals surface area contributed by atoms with E-state index >= 15 is 0 Å². The number of hydrogen-bond donors (Lipinski definition) is 0. The molecule has 1 amide bonds. The van der Waals surface area contributed by atoms with Crippen LogP contribution in [0, 0.1) is 6.92 Å². The van der Waals surface area contributed by atoms with E-state index in [0.29, 0.717) is 19.0 Å². The number of nitrogens with zero attached hydrogens (tertiary/aromatic N) is 1. The van der Waals surface area contributed by atoms with Crippen molar-refractivity contribution >= 4 is 11.6 Å². The first kappa shape index (κ1) is 15.6. The van der Waals surface area contributed by atoms with Gasteiger partial charge in [-0.2, -0.15) is 0 Å². The Morgan fingerprint density at radius 3 is 2.74 bits per heavy atom. The second-order valence-electron chi connectivity index (χ2n) is 5.72. The number of amides is 1.